The minimum absolute atomic E-state index is 0.00365. The number of sulfonamides is 1. The number of nitrogens with zero attached hydrogens (tertiary/aromatic N) is 2. The van der Waals surface area contributed by atoms with Gasteiger partial charge in [0.2, 0.25) is 10.0 Å². The maximum atomic E-state index is 13.0. The van der Waals surface area contributed by atoms with Gasteiger partial charge >= 0.3 is 12.3 Å². The van der Waals surface area contributed by atoms with Crippen molar-refractivity contribution in [2.24, 2.45) is 0 Å². The van der Waals surface area contributed by atoms with Crippen LogP contribution in [0.5, 0.6) is 0 Å². The third-order valence-electron chi connectivity index (χ3n) is 4.25. The molecule has 0 saturated carbocycles. The standard InChI is InChI=1S/C20H22F3N5O4S/c1-19(2,3)32-18(29)25-8-9-27-33(30,31)12-4-5-15(26-11-12)13-6-7-24-17-14(13)10-16(28-17)20(21,22)23/h4-7,10-11,27H,8-9H2,1-3H3,(H,24,28)(H,25,29). The van der Waals surface area contributed by atoms with Crippen molar-refractivity contribution in [3.05, 3.63) is 42.4 Å². The van der Waals surface area contributed by atoms with E-state index >= 15 is 0 Å². The van der Waals surface area contributed by atoms with E-state index in [4.69, 9.17) is 4.74 Å². The highest BCUT2D eigenvalue weighted by Crippen LogP contribution is 2.34. The Bertz CT molecular complexity index is 1250. The largest absolute Gasteiger partial charge is 0.444 e. The van der Waals surface area contributed by atoms with Crippen molar-refractivity contribution in [1.29, 1.82) is 0 Å². The van der Waals surface area contributed by atoms with E-state index in [2.05, 4.69) is 25.0 Å². The maximum absolute atomic E-state index is 13.0. The first-order valence-corrected chi connectivity index (χ1v) is 11.2. The number of aromatic amines is 1. The number of fused-ring (bicyclic) bond motifs is 1. The van der Waals surface area contributed by atoms with Crippen LogP contribution in [0.4, 0.5) is 18.0 Å². The number of hydrogen-bond donors (Lipinski definition) is 3. The van der Waals surface area contributed by atoms with E-state index < -0.39 is 33.6 Å². The summed E-state index contributed by atoms with van der Waals surface area (Å²) in [6.07, 6.45) is -2.80. The van der Waals surface area contributed by atoms with Crippen molar-refractivity contribution < 1.29 is 31.1 Å². The number of H-pyrrole nitrogens is 1. The van der Waals surface area contributed by atoms with Crippen LogP contribution in [0.2, 0.25) is 0 Å². The molecule has 3 aromatic rings. The molecular formula is C20H22F3N5O4S. The number of amides is 1. The van der Waals surface area contributed by atoms with Crippen molar-refractivity contribution in [2.75, 3.05) is 13.1 Å². The molecule has 3 aromatic heterocycles. The summed E-state index contributed by atoms with van der Waals surface area (Å²) >= 11 is 0. The van der Waals surface area contributed by atoms with Crippen molar-refractivity contribution >= 4 is 27.1 Å². The molecule has 33 heavy (non-hydrogen) atoms. The molecule has 0 aliphatic carbocycles. The van der Waals surface area contributed by atoms with Gasteiger partial charge in [0.05, 0.1) is 5.69 Å². The molecule has 9 nitrogen and oxygen atoms in total. The minimum Gasteiger partial charge on any atom is -0.444 e. The molecule has 0 saturated heterocycles. The van der Waals surface area contributed by atoms with E-state index in [1.165, 1.54) is 24.4 Å². The van der Waals surface area contributed by atoms with Crippen molar-refractivity contribution in [3.63, 3.8) is 0 Å². The molecule has 0 bridgehead atoms. The van der Waals surface area contributed by atoms with E-state index in [-0.39, 0.29) is 34.7 Å². The molecule has 3 heterocycles. The van der Waals surface area contributed by atoms with Gasteiger partial charge in [0, 0.05) is 36.4 Å². The Hall–Kier alpha value is -3.19. The van der Waals surface area contributed by atoms with E-state index in [0.717, 1.165) is 12.3 Å². The van der Waals surface area contributed by atoms with Crippen molar-refractivity contribution in [2.45, 2.75) is 37.4 Å². The summed E-state index contributed by atoms with van der Waals surface area (Å²) in [4.78, 5) is 21.7. The van der Waals surface area contributed by atoms with Gasteiger partial charge in [-0.15, -0.1) is 0 Å². The zero-order valence-electron chi connectivity index (χ0n) is 17.9. The van der Waals surface area contributed by atoms with Crippen LogP contribution in [0.15, 0.2) is 41.6 Å². The number of hydrogen-bond acceptors (Lipinski definition) is 6. The van der Waals surface area contributed by atoms with Crippen LogP contribution in [0.1, 0.15) is 26.5 Å². The average Bonchev–Trinajstić information content (AvgIpc) is 3.15. The summed E-state index contributed by atoms with van der Waals surface area (Å²) in [6, 6.07) is 5.11. The summed E-state index contributed by atoms with van der Waals surface area (Å²) < 4.78 is 71.3. The highest BCUT2D eigenvalue weighted by molar-refractivity contribution is 7.89. The van der Waals surface area contributed by atoms with Crippen LogP contribution in [0.3, 0.4) is 0 Å². The van der Waals surface area contributed by atoms with Gasteiger partial charge in [-0.25, -0.2) is 22.9 Å². The number of nitrogens with one attached hydrogen (secondary N) is 3. The lowest BCUT2D eigenvalue weighted by Gasteiger charge is -2.19. The summed E-state index contributed by atoms with van der Waals surface area (Å²) in [5, 5.41) is 2.64. The second-order valence-electron chi connectivity index (χ2n) is 8.01. The second-order valence-corrected chi connectivity index (χ2v) is 9.77. The lowest BCUT2D eigenvalue weighted by molar-refractivity contribution is -0.140. The molecule has 0 unspecified atom stereocenters. The zero-order chi connectivity index (χ0) is 24.4. The fourth-order valence-corrected chi connectivity index (χ4v) is 3.83. The predicted molar refractivity (Wildman–Crippen MR) is 114 cm³/mol. The van der Waals surface area contributed by atoms with Crippen LogP contribution in [0, 0.1) is 0 Å². The summed E-state index contributed by atoms with van der Waals surface area (Å²) in [6.45, 7) is 5.03. The smallest absolute Gasteiger partial charge is 0.431 e. The first kappa shape index (κ1) is 24.5. The molecule has 3 rings (SSSR count). The van der Waals surface area contributed by atoms with Crippen molar-refractivity contribution in [1.82, 2.24) is 25.0 Å². The molecule has 13 heteroatoms. The van der Waals surface area contributed by atoms with Crippen LogP contribution in [-0.2, 0) is 20.9 Å². The monoisotopic (exact) mass is 485 g/mol. The Kier molecular flexibility index (Phi) is 6.65. The Labute approximate surface area is 187 Å². The topological polar surface area (TPSA) is 126 Å². The lowest BCUT2D eigenvalue weighted by Crippen LogP contribution is -2.37. The molecule has 0 aliphatic heterocycles. The van der Waals surface area contributed by atoms with Crippen LogP contribution >= 0.6 is 0 Å². The van der Waals surface area contributed by atoms with Gasteiger partial charge in [-0.05, 0) is 45.0 Å². The van der Waals surface area contributed by atoms with E-state index in [9.17, 15) is 26.4 Å². The molecule has 0 spiro atoms. The number of halogens is 3. The molecule has 0 atom stereocenters. The van der Waals surface area contributed by atoms with Gasteiger partial charge in [-0.2, -0.15) is 13.2 Å². The number of aromatic nitrogens is 3. The number of pyridine rings is 2. The Morgan fingerprint density at radius 3 is 2.45 bits per heavy atom. The lowest BCUT2D eigenvalue weighted by atomic mass is 10.1. The normalized spacial score (nSPS) is 12.7. The quantitative estimate of drug-likeness (QED) is 0.459. The van der Waals surface area contributed by atoms with E-state index in [1.54, 1.807) is 20.8 Å². The van der Waals surface area contributed by atoms with Gasteiger partial charge in [0.25, 0.3) is 0 Å². The third-order valence-corrected chi connectivity index (χ3v) is 5.69. The van der Waals surface area contributed by atoms with E-state index in [1.807, 2.05) is 0 Å². The Morgan fingerprint density at radius 1 is 1.12 bits per heavy atom. The summed E-state index contributed by atoms with van der Waals surface area (Å²) in [7, 11) is -3.92. The number of carbonyl (C=O) groups is 1. The van der Waals surface area contributed by atoms with Gasteiger partial charge in [0.1, 0.15) is 21.8 Å². The summed E-state index contributed by atoms with van der Waals surface area (Å²) in [5.74, 6) is 0. The SMILES string of the molecule is CC(C)(C)OC(=O)NCCNS(=O)(=O)c1ccc(-c2ccnc3[nH]c(C(F)(F)F)cc23)nc1. The highest BCUT2D eigenvalue weighted by Gasteiger charge is 2.33. The molecule has 3 N–H and O–H groups in total. The van der Waals surface area contributed by atoms with Crippen LogP contribution in [-0.4, -0.2) is 48.2 Å². The Balaban J connectivity index is 1.70. The second kappa shape index (κ2) is 8.98. The molecule has 178 valence electrons. The Morgan fingerprint density at radius 2 is 1.85 bits per heavy atom. The molecule has 1 amide bonds. The molecule has 0 radical (unpaired) electrons. The van der Waals surface area contributed by atoms with E-state index in [0.29, 0.717) is 5.56 Å². The zero-order valence-corrected chi connectivity index (χ0v) is 18.8. The van der Waals surface area contributed by atoms with Gasteiger partial charge < -0.3 is 15.0 Å². The molecule has 0 aromatic carbocycles. The number of rotatable bonds is 6. The van der Waals surface area contributed by atoms with Crippen molar-refractivity contribution in [3.8, 4) is 11.3 Å². The first-order valence-electron chi connectivity index (χ1n) is 9.74. The number of alkyl carbamates (subject to hydrolysis) is 1. The predicted octanol–water partition coefficient (Wildman–Crippen LogP) is 3.45. The third kappa shape index (κ3) is 6.20. The van der Waals surface area contributed by atoms with Crippen LogP contribution in [0.25, 0.3) is 22.3 Å². The van der Waals surface area contributed by atoms with Gasteiger partial charge in [-0.1, -0.05) is 0 Å². The number of ether oxygens (including phenoxy) is 1. The first-order chi connectivity index (χ1) is 15.3. The molecule has 0 fully saturated rings. The average molecular weight is 485 g/mol. The molecule has 0 aliphatic rings. The maximum Gasteiger partial charge on any atom is 0.431 e. The summed E-state index contributed by atoms with van der Waals surface area (Å²) in [5.41, 5.74) is -0.934. The van der Waals surface area contributed by atoms with Crippen LogP contribution < -0.4 is 10.0 Å². The number of alkyl halides is 3. The molecular weight excluding hydrogens is 463 g/mol. The van der Waals surface area contributed by atoms with Gasteiger partial charge in [-0.3, -0.25) is 4.98 Å². The fraction of sp³-hybridized carbons (Fsp3) is 0.350. The van der Waals surface area contributed by atoms with Gasteiger partial charge in [0.15, 0.2) is 0 Å². The minimum atomic E-state index is -4.56. The fourth-order valence-electron chi connectivity index (χ4n) is 2.85. The highest BCUT2D eigenvalue weighted by atomic mass is 32.2. The number of carbonyl (C=O) groups excluding carboxylic acids is 1.